The van der Waals surface area contributed by atoms with E-state index in [-0.39, 0.29) is 11.8 Å². The Hall–Kier alpha value is -2.97. The third-order valence-corrected chi connectivity index (χ3v) is 2.64. The summed E-state index contributed by atoms with van der Waals surface area (Å²) in [5, 5.41) is 0. The predicted molar refractivity (Wildman–Crippen MR) is 67.1 cm³/mol. The largest absolute Gasteiger partial charge is 0.382 e. The molecule has 19 heavy (non-hydrogen) atoms. The molecule has 0 aliphatic carbocycles. The Kier molecular flexibility index (Phi) is 2.21. The number of aryl methyl sites for hydroxylation is 1. The molecule has 9 heteroatoms. The Morgan fingerprint density at radius 1 is 1.32 bits per heavy atom. The Morgan fingerprint density at radius 3 is 2.89 bits per heavy atom. The van der Waals surface area contributed by atoms with Crippen molar-refractivity contribution in [1.82, 2.24) is 29.5 Å². The third kappa shape index (κ3) is 1.68. The normalized spacial score (nSPS) is 11.0. The van der Waals surface area contributed by atoms with E-state index < -0.39 is 11.2 Å². The Bertz CT molecular complexity index is 889. The van der Waals surface area contributed by atoms with Crippen LogP contribution in [0.1, 0.15) is 5.56 Å². The number of imidazole rings is 1. The van der Waals surface area contributed by atoms with E-state index in [1.54, 1.807) is 6.92 Å². The summed E-state index contributed by atoms with van der Waals surface area (Å²) in [7, 11) is 0. The fourth-order valence-electron chi connectivity index (χ4n) is 1.67. The van der Waals surface area contributed by atoms with Crippen molar-refractivity contribution in [3.05, 3.63) is 38.9 Å². The van der Waals surface area contributed by atoms with Crippen molar-refractivity contribution in [3.63, 3.8) is 0 Å². The molecule has 0 unspecified atom stereocenters. The smallest absolute Gasteiger partial charge is 0.335 e. The number of aromatic amines is 2. The second-order valence-corrected chi connectivity index (χ2v) is 3.95. The standard InChI is InChI=1S/C10H9N7O2/c1-4-2-17(10(19)16-8(4)18)9-14-6(11)5-7(15-9)13-3-12-5/h2-3H,1H3,(H,16,18,19)(H3,11,12,13,14,15). The van der Waals surface area contributed by atoms with Gasteiger partial charge in [-0.25, -0.2) is 14.3 Å². The van der Waals surface area contributed by atoms with Crippen LogP contribution >= 0.6 is 0 Å². The van der Waals surface area contributed by atoms with Gasteiger partial charge in [-0.15, -0.1) is 0 Å². The lowest BCUT2D eigenvalue weighted by Gasteiger charge is -2.04. The molecule has 0 radical (unpaired) electrons. The predicted octanol–water partition coefficient (Wildman–Crippen LogP) is -0.917. The number of aromatic nitrogens is 6. The Labute approximate surface area is 105 Å². The SMILES string of the molecule is Cc1cn(-c2nc(N)c3[nH]cnc3n2)c(=O)[nH]c1=O. The second kappa shape index (κ2) is 3.77. The zero-order chi connectivity index (χ0) is 13.6. The van der Waals surface area contributed by atoms with Gasteiger partial charge in [-0.1, -0.05) is 0 Å². The number of hydrogen-bond acceptors (Lipinski definition) is 6. The van der Waals surface area contributed by atoms with E-state index in [4.69, 9.17) is 5.73 Å². The topological polar surface area (TPSA) is 135 Å². The van der Waals surface area contributed by atoms with Gasteiger partial charge in [0.25, 0.3) is 5.56 Å². The molecule has 0 aliphatic heterocycles. The molecule has 0 fully saturated rings. The third-order valence-electron chi connectivity index (χ3n) is 2.64. The summed E-state index contributed by atoms with van der Waals surface area (Å²) in [5.74, 6) is 0.231. The summed E-state index contributed by atoms with van der Waals surface area (Å²) in [5.41, 5.74) is 5.87. The van der Waals surface area contributed by atoms with Crippen LogP contribution in [0.4, 0.5) is 5.82 Å². The number of nitrogens with two attached hydrogens (primary N) is 1. The average molecular weight is 259 g/mol. The molecule has 0 bridgehead atoms. The highest BCUT2D eigenvalue weighted by Gasteiger charge is 2.11. The number of hydrogen-bond donors (Lipinski definition) is 3. The number of nitrogen functional groups attached to an aromatic ring is 1. The number of rotatable bonds is 1. The van der Waals surface area contributed by atoms with Crippen LogP contribution in [0, 0.1) is 6.92 Å². The van der Waals surface area contributed by atoms with Gasteiger partial charge in [-0.3, -0.25) is 9.78 Å². The summed E-state index contributed by atoms with van der Waals surface area (Å²) in [4.78, 5) is 40.1. The summed E-state index contributed by atoms with van der Waals surface area (Å²) in [6, 6.07) is 0. The highest BCUT2D eigenvalue weighted by molar-refractivity contribution is 5.81. The highest BCUT2D eigenvalue weighted by atomic mass is 16.2. The molecule has 96 valence electrons. The molecule has 3 aromatic heterocycles. The average Bonchev–Trinajstić information content (AvgIpc) is 2.82. The first-order chi connectivity index (χ1) is 9.06. The molecule has 4 N–H and O–H groups in total. The van der Waals surface area contributed by atoms with E-state index in [2.05, 4.69) is 24.9 Å². The summed E-state index contributed by atoms with van der Waals surface area (Å²) in [6.45, 7) is 1.57. The Morgan fingerprint density at radius 2 is 2.11 bits per heavy atom. The molecular formula is C10H9N7O2. The van der Waals surface area contributed by atoms with E-state index in [0.717, 1.165) is 4.57 Å². The molecule has 9 nitrogen and oxygen atoms in total. The van der Waals surface area contributed by atoms with Crippen LogP contribution in [0.25, 0.3) is 17.1 Å². The van der Waals surface area contributed by atoms with Gasteiger partial charge < -0.3 is 10.7 Å². The molecule has 3 rings (SSSR count). The molecule has 0 atom stereocenters. The maximum absolute atomic E-state index is 11.7. The second-order valence-electron chi connectivity index (χ2n) is 3.95. The molecule has 0 saturated carbocycles. The zero-order valence-electron chi connectivity index (χ0n) is 9.84. The molecule has 0 saturated heterocycles. The van der Waals surface area contributed by atoms with Crippen LogP contribution in [0.15, 0.2) is 22.1 Å². The number of H-pyrrole nitrogens is 2. The van der Waals surface area contributed by atoms with Crippen molar-refractivity contribution in [2.24, 2.45) is 0 Å². The van der Waals surface area contributed by atoms with Crippen LogP contribution in [0.3, 0.4) is 0 Å². The fourth-order valence-corrected chi connectivity index (χ4v) is 1.67. The lowest BCUT2D eigenvalue weighted by atomic mass is 10.4. The van der Waals surface area contributed by atoms with Gasteiger partial charge in [0.15, 0.2) is 11.5 Å². The minimum atomic E-state index is -0.634. The number of nitrogens with zero attached hydrogens (tertiary/aromatic N) is 4. The quantitative estimate of drug-likeness (QED) is 0.517. The van der Waals surface area contributed by atoms with E-state index in [1.165, 1.54) is 12.5 Å². The highest BCUT2D eigenvalue weighted by Crippen LogP contribution is 2.13. The van der Waals surface area contributed by atoms with Crippen molar-refractivity contribution in [2.45, 2.75) is 6.92 Å². The number of nitrogens with one attached hydrogen (secondary N) is 2. The van der Waals surface area contributed by atoms with Gasteiger partial charge in [-0.05, 0) is 6.92 Å². The van der Waals surface area contributed by atoms with Crippen molar-refractivity contribution in [2.75, 3.05) is 5.73 Å². The van der Waals surface area contributed by atoms with Crippen LogP contribution in [0.5, 0.6) is 0 Å². The minimum Gasteiger partial charge on any atom is -0.382 e. The first-order valence-corrected chi connectivity index (χ1v) is 5.36. The van der Waals surface area contributed by atoms with Crippen LogP contribution < -0.4 is 17.0 Å². The van der Waals surface area contributed by atoms with Crippen LogP contribution in [0.2, 0.25) is 0 Å². The van der Waals surface area contributed by atoms with Crippen molar-refractivity contribution in [3.8, 4) is 5.95 Å². The molecule has 0 amide bonds. The molecular weight excluding hydrogens is 250 g/mol. The van der Waals surface area contributed by atoms with Crippen LogP contribution in [-0.4, -0.2) is 29.5 Å². The van der Waals surface area contributed by atoms with E-state index in [0.29, 0.717) is 16.7 Å². The number of fused-ring (bicyclic) bond motifs is 1. The van der Waals surface area contributed by atoms with Gasteiger partial charge >= 0.3 is 5.69 Å². The van der Waals surface area contributed by atoms with Crippen molar-refractivity contribution in [1.29, 1.82) is 0 Å². The van der Waals surface area contributed by atoms with E-state index >= 15 is 0 Å². The monoisotopic (exact) mass is 259 g/mol. The fraction of sp³-hybridized carbons (Fsp3) is 0.100. The molecule has 0 aromatic carbocycles. The maximum atomic E-state index is 11.7. The van der Waals surface area contributed by atoms with Crippen LogP contribution in [-0.2, 0) is 0 Å². The van der Waals surface area contributed by atoms with Gasteiger partial charge in [-0.2, -0.15) is 9.97 Å². The van der Waals surface area contributed by atoms with Crippen molar-refractivity contribution < 1.29 is 0 Å². The first-order valence-electron chi connectivity index (χ1n) is 5.36. The summed E-state index contributed by atoms with van der Waals surface area (Å²) >= 11 is 0. The Balaban J connectivity index is 2.33. The molecule has 0 spiro atoms. The lowest BCUT2D eigenvalue weighted by molar-refractivity contribution is 0.828. The minimum absolute atomic E-state index is 0.0569. The van der Waals surface area contributed by atoms with Crippen molar-refractivity contribution >= 4 is 17.0 Å². The first kappa shape index (κ1) is 11.1. The van der Waals surface area contributed by atoms with Gasteiger partial charge in [0.05, 0.1) is 6.33 Å². The molecule has 3 heterocycles. The molecule has 0 aliphatic rings. The number of anilines is 1. The zero-order valence-corrected chi connectivity index (χ0v) is 9.84. The van der Waals surface area contributed by atoms with E-state index in [9.17, 15) is 9.59 Å². The van der Waals surface area contributed by atoms with Gasteiger partial charge in [0, 0.05) is 11.8 Å². The lowest BCUT2D eigenvalue weighted by Crippen LogP contribution is -2.30. The summed E-state index contributed by atoms with van der Waals surface area (Å²) < 4.78 is 1.11. The molecule has 3 aromatic rings. The maximum Gasteiger partial charge on any atom is 0.335 e. The van der Waals surface area contributed by atoms with E-state index in [1.807, 2.05) is 0 Å². The summed E-state index contributed by atoms with van der Waals surface area (Å²) in [6.07, 6.45) is 2.79. The van der Waals surface area contributed by atoms with Gasteiger partial charge in [0.2, 0.25) is 5.95 Å². The van der Waals surface area contributed by atoms with Gasteiger partial charge in [0.1, 0.15) is 5.52 Å².